The van der Waals surface area contributed by atoms with E-state index in [0.717, 1.165) is 19.3 Å². The van der Waals surface area contributed by atoms with Crippen molar-refractivity contribution in [3.63, 3.8) is 0 Å². The predicted octanol–water partition coefficient (Wildman–Crippen LogP) is 4.58. The van der Waals surface area contributed by atoms with Crippen molar-refractivity contribution in [2.75, 3.05) is 5.32 Å². The third-order valence-electron chi connectivity index (χ3n) is 6.22. The number of halogens is 1. The fourth-order valence-electron chi connectivity index (χ4n) is 5.63. The average Bonchev–Trinajstić information content (AvgIpc) is 2.46. The number of rotatable bonds is 3. The minimum atomic E-state index is -0.400. The molecule has 1 aromatic carbocycles. The van der Waals surface area contributed by atoms with Crippen molar-refractivity contribution < 1.29 is 9.72 Å². The van der Waals surface area contributed by atoms with Crippen LogP contribution >= 0.6 is 15.9 Å². The lowest BCUT2D eigenvalue weighted by Gasteiger charge is -2.59. The molecule has 1 aromatic rings. The van der Waals surface area contributed by atoms with Gasteiger partial charge in [-0.2, -0.15) is 0 Å². The lowest BCUT2D eigenvalue weighted by Crippen LogP contribution is -2.57. The second-order valence-electron chi connectivity index (χ2n) is 8.05. The summed E-state index contributed by atoms with van der Waals surface area (Å²) in [5, 5.41) is 14.1. The molecule has 4 aliphatic carbocycles. The zero-order chi connectivity index (χ0) is 17.1. The number of hydrogen-bond donors (Lipinski definition) is 1. The number of alkyl halides is 1. The number of carbonyl (C=O) groups excluding carboxylic acids is 1. The van der Waals surface area contributed by atoms with Gasteiger partial charge in [-0.05, 0) is 63.4 Å². The van der Waals surface area contributed by atoms with Crippen LogP contribution in [0.3, 0.4) is 0 Å². The lowest BCUT2D eigenvalue weighted by molar-refractivity contribution is -0.385. The first-order valence-corrected chi connectivity index (χ1v) is 9.34. The Kier molecular flexibility index (Phi) is 3.53. The van der Waals surface area contributed by atoms with Gasteiger partial charge in [-0.3, -0.25) is 14.9 Å². The number of hydrogen-bond acceptors (Lipinski definition) is 3. The van der Waals surface area contributed by atoms with Crippen LogP contribution in [-0.2, 0) is 4.79 Å². The standard InChI is InChI=1S/C18H21BrN2O3/c1-11-14(3-2-4-15(11)21(23)24)20-16(22)17-6-12-5-13(7-17)9-18(19,8-12)10-17/h2-4,12-13H,5-10H2,1H3,(H,20,22). The first-order chi connectivity index (χ1) is 11.3. The molecule has 0 spiro atoms. The number of nitrogens with zero attached hydrogens (tertiary/aromatic N) is 1. The van der Waals surface area contributed by atoms with Crippen molar-refractivity contribution in [1.29, 1.82) is 0 Å². The molecule has 0 aromatic heterocycles. The van der Waals surface area contributed by atoms with Crippen LogP contribution in [0.15, 0.2) is 18.2 Å². The van der Waals surface area contributed by atoms with Crippen LogP contribution in [0.1, 0.15) is 44.1 Å². The van der Waals surface area contributed by atoms with Crippen LogP contribution in [0.2, 0.25) is 0 Å². The Bertz CT molecular complexity index is 719. The molecule has 4 fully saturated rings. The van der Waals surface area contributed by atoms with Gasteiger partial charge in [0.05, 0.1) is 21.6 Å². The van der Waals surface area contributed by atoms with Crippen molar-refractivity contribution in [3.8, 4) is 0 Å². The fraction of sp³-hybridized carbons (Fsp3) is 0.611. The Labute approximate surface area is 149 Å². The molecule has 24 heavy (non-hydrogen) atoms. The van der Waals surface area contributed by atoms with Gasteiger partial charge < -0.3 is 5.32 Å². The van der Waals surface area contributed by atoms with Crippen molar-refractivity contribution in [2.45, 2.75) is 49.8 Å². The Morgan fingerprint density at radius 2 is 1.96 bits per heavy atom. The van der Waals surface area contributed by atoms with E-state index >= 15 is 0 Å². The number of nitro benzene ring substituents is 1. The molecule has 0 aliphatic heterocycles. The quantitative estimate of drug-likeness (QED) is 0.464. The molecular weight excluding hydrogens is 372 g/mol. The second kappa shape index (κ2) is 5.28. The molecule has 4 aliphatic rings. The monoisotopic (exact) mass is 392 g/mol. The van der Waals surface area contributed by atoms with E-state index in [9.17, 15) is 14.9 Å². The maximum Gasteiger partial charge on any atom is 0.274 e. The van der Waals surface area contributed by atoms with E-state index < -0.39 is 4.92 Å². The molecular formula is C18H21BrN2O3. The summed E-state index contributed by atoms with van der Waals surface area (Å²) in [4.78, 5) is 23.9. The summed E-state index contributed by atoms with van der Waals surface area (Å²) < 4.78 is 0.117. The first-order valence-electron chi connectivity index (χ1n) is 8.55. The van der Waals surface area contributed by atoms with Crippen LogP contribution in [0.25, 0.3) is 0 Å². The third-order valence-corrected chi connectivity index (χ3v) is 7.15. The van der Waals surface area contributed by atoms with Crippen molar-refractivity contribution in [1.82, 2.24) is 0 Å². The number of carbonyl (C=O) groups is 1. The molecule has 0 saturated heterocycles. The van der Waals surface area contributed by atoms with Crippen LogP contribution in [0, 0.1) is 34.3 Å². The Balaban J connectivity index is 1.61. The molecule has 2 unspecified atom stereocenters. The number of amides is 1. The zero-order valence-electron chi connectivity index (χ0n) is 13.7. The van der Waals surface area contributed by atoms with E-state index in [1.807, 2.05) is 0 Å². The van der Waals surface area contributed by atoms with Crippen LogP contribution in [-0.4, -0.2) is 15.2 Å². The van der Waals surface area contributed by atoms with Gasteiger partial charge in [-0.1, -0.05) is 22.0 Å². The van der Waals surface area contributed by atoms with Gasteiger partial charge in [-0.15, -0.1) is 0 Å². The van der Waals surface area contributed by atoms with E-state index in [0.29, 0.717) is 23.1 Å². The van der Waals surface area contributed by atoms with Gasteiger partial charge in [0.15, 0.2) is 0 Å². The van der Waals surface area contributed by atoms with E-state index in [1.54, 1.807) is 19.1 Å². The molecule has 1 amide bonds. The number of benzene rings is 1. The van der Waals surface area contributed by atoms with Gasteiger partial charge in [0.2, 0.25) is 5.91 Å². The maximum absolute atomic E-state index is 13.1. The largest absolute Gasteiger partial charge is 0.325 e. The number of anilines is 1. The SMILES string of the molecule is Cc1c(NC(=O)C23CC4CC(CC(Br)(C4)C2)C3)cccc1[N+](=O)[O-]. The Morgan fingerprint density at radius 3 is 2.54 bits per heavy atom. The molecule has 1 N–H and O–H groups in total. The van der Waals surface area contributed by atoms with Crippen LogP contribution < -0.4 is 5.32 Å². The topological polar surface area (TPSA) is 72.2 Å². The summed E-state index contributed by atoms with van der Waals surface area (Å²) in [5.74, 6) is 1.30. The van der Waals surface area contributed by atoms with E-state index in [4.69, 9.17) is 0 Å². The predicted molar refractivity (Wildman–Crippen MR) is 95.2 cm³/mol. The van der Waals surface area contributed by atoms with Gasteiger partial charge in [0, 0.05) is 10.4 Å². The molecule has 5 rings (SSSR count). The summed E-state index contributed by atoms with van der Waals surface area (Å²) in [6, 6.07) is 4.86. The van der Waals surface area contributed by atoms with Crippen molar-refractivity contribution in [3.05, 3.63) is 33.9 Å². The Hall–Kier alpha value is -1.43. The Morgan fingerprint density at radius 1 is 1.29 bits per heavy atom. The first kappa shape index (κ1) is 16.1. The second-order valence-corrected chi connectivity index (χ2v) is 9.74. The highest BCUT2D eigenvalue weighted by atomic mass is 79.9. The van der Waals surface area contributed by atoms with E-state index in [-0.39, 0.29) is 21.3 Å². The van der Waals surface area contributed by atoms with Gasteiger partial charge in [0.25, 0.3) is 5.69 Å². The van der Waals surface area contributed by atoms with Crippen LogP contribution in [0.4, 0.5) is 11.4 Å². The lowest BCUT2D eigenvalue weighted by atomic mass is 9.49. The van der Waals surface area contributed by atoms with E-state index in [2.05, 4.69) is 21.2 Å². The smallest absolute Gasteiger partial charge is 0.274 e. The molecule has 5 nitrogen and oxygen atoms in total. The minimum absolute atomic E-state index is 0.0454. The zero-order valence-corrected chi connectivity index (χ0v) is 15.3. The molecule has 4 bridgehead atoms. The van der Waals surface area contributed by atoms with Gasteiger partial charge in [-0.25, -0.2) is 0 Å². The molecule has 128 valence electrons. The van der Waals surface area contributed by atoms with Crippen molar-refractivity contribution >= 4 is 33.2 Å². The fourth-order valence-corrected chi connectivity index (χ4v) is 7.08. The molecule has 2 atom stereocenters. The highest BCUT2D eigenvalue weighted by molar-refractivity contribution is 9.10. The van der Waals surface area contributed by atoms with Crippen LogP contribution in [0.5, 0.6) is 0 Å². The normalized spacial score (nSPS) is 36.6. The molecule has 6 heteroatoms. The average molecular weight is 393 g/mol. The molecule has 0 radical (unpaired) electrons. The molecule has 4 saturated carbocycles. The van der Waals surface area contributed by atoms with E-state index in [1.165, 1.54) is 25.3 Å². The summed E-state index contributed by atoms with van der Waals surface area (Å²) in [5.41, 5.74) is 0.822. The minimum Gasteiger partial charge on any atom is -0.325 e. The maximum atomic E-state index is 13.1. The van der Waals surface area contributed by atoms with Gasteiger partial charge >= 0.3 is 0 Å². The highest BCUT2D eigenvalue weighted by Crippen LogP contribution is 2.64. The number of nitro groups is 1. The third kappa shape index (κ3) is 2.46. The van der Waals surface area contributed by atoms with Gasteiger partial charge in [0.1, 0.15) is 0 Å². The van der Waals surface area contributed by atoms with Crippen molar-refractivity contribution in [2.24, 2.45) is 17.3 Å². The summed E-state index contributed by atoms with van der Waals surface area (Å²) in [6.45, 7) is 1.69. The summed E-state index contributed by atoms with van der Waals surface area (Å²) >= 11 is 3.92. The molecule has 0 heterocycles. The number of nitrogens with one attached hydrogen (secondary N) is 1. The summed E-state index contributed by atoms with van der Waals surface area (Å²) in [6.07, 6.45) is 6.39. The highest BCUT2D eigenvalue weighted by Gasteiger charge is 2.59. The summed E-state index contributed by atoms with van der Waals surface area (Å²) in [7, 11) is 0.